The molecule has 0 spiro atoms. The van der Waals surface area contributed by atoms with Crippen molar-refractivity contribution in [3.05, 3.63) is 0 Å². The van der Waals surface area contributed by atoms with E-state index in [1.54, 1.807) is 0 Å². The summed E-state index contributed by atoms with van der Waals surface area (Å²) in [4.78, 5) is 12.8. The second-order valence-electron chi connectivity index (χ2n) is 4.85. The molecule has 1 unspecified atom stereocenters. The third-order valence-corrected chi connectivity index (χ3v) is 3.13. The summed E-state index contributed by atoms with van der Waals surface area (Å²) in [7, 11) is 0. The molecule has 6 heteroatoms. The smallest absolute Gasteiger partial charge is 0.334 e. The highest BCUT2D eigenvalue weighted by molar-refractivity contribution is 5.76. The van der Waals surface area contributed by atoms with Crippen LogP contribution in [-0.2, 0) is 4.79 Å². The van der Waals surface area contributed by atoms with Crippen LogP contribution in [0.15, 0.2) is 0 Å². The quantitative estimate of drug-likeness (QED) is 0.799. The van der Waals surface area contributed by atoms with Crippen molar-refractivity contribution in [1.29, 1.82) is 0 Å². The molecule has 0 bridgehead atoms. The number of hydrogen-bond donors (Lipinski definition) is 1. The summed E-state index contributed by atoms with van der Waals surface area (Å²) in [6.45, 7) is 2.57. The third-order valence-electron chi connectivity index (χ3n) is 3.13. The highest BCUT2D eigenvalue weighted by Crippen LogP contribution is 2.20. The lowest BCUT2D eigenvalue weighted by Crippen LogP contribution is -2.40. The molecule has 0 aromatic rings. The molecular weight excluding hydrogens is 245 g/mol. The van der Waals surface area contributed by atoms with Crippen molar-refractivity contribution >= 4 is 5.91 Å². The van der Waals surface area contributed by atoms with Crippen molar-refractivity contribution in [2.75, 3.05) is 26.2 Å². The van der Waals surface area contributed by atoms with Crippen molar-refractivity contribution in [3.8, 4) is 0 Å². The molecule has 1 aliphatic heterocycles. The second kappa shape index (κ2) is 6.97. The van der Waals surface area contributed by atoms with Gasteiger partial charge in [-0.1, -0.05) is 13.3 Å². The monoisotopic (exact) mass is 266 g/mol. The van der Waals surface area contributed by atoms with Crippen LogP contribution < -0.4 is 5.32 Å². The van der Waals surface area contributed by atoms with E-state index in [1.165, 1.54) is 0 Å². The fourth-order valence-corrected chi connectivity index (χ4v) is 2.12. The lowest BCUT2D eigenvalue weighted by molar-refractivity contribution is -0.161. The van der Waals surface area contributed by atoms with Gasteiger partial charge in [0.25, 0.3) is 0 Å². The summed E-state index contributed by atoms with van der Waals surface area (Å²) in [6.07, 6.45) is -1.80. The van der Waals surface area contributed by atoms with Gasteiger partial charge in [-0.25, -0.2) is 0 Å². The Morgan fingerprint density at radius 1 is 1.44 bits per heavy atom. The van der Waals surface area contributed by atoms with Gasteiger partial charge < -0.3 is 10.2 Å². The van der Waals surface area contributed by atoms with Gasteiger partial charge >= 0.3 is 6.18 Å². The Kier molecular flexibility index (Phi) is 5.91. The Labute approximate surface area is 106 Å². The molecular formula is C12H21F3N2O. The van der Waals surface area contributed by atoms with Gasteiger partial charge in [-0.15, -0.1) is 0 Å². The van der Waals surface area contributed by atoms with Gasteiger partial charge in [0.05, 0.1) is 0 Å². The van der Waals surface area contributed by atoms with Crippen molar-refractivity contribution in [1.82, 2.24) is 10.2 Å². The lowest BCUT2D eigenvalue weighted by Gasteiger charge is -2.25. The SMILES string of the molecule is CCCCN(CC(F)(F)F)C(=O)CC1CCNC1. The lowest BCUT2D eigenvalue weighted by atomic mass is 10.0. The van der Waals surface area contributed by atoms with Crippen LogP contribution in [0.5, 0.6) is 0 Å². The summed E-state index contributed by atoms with van der Waals surface area (Å²) < 4.78 is 37.2. The Morgan fingerprint density at radius 3 is 2.67 bits per heavy atom. The number of alkyl halides is 3. The average molecular weight is 266 g/mol. The van der Waals surface area contributed by atoms with E-state index in [0.717, 1.165) is 30.8 Å². The highest BCUT2D eigenvalue weighted by Gasteiger charge is 2.33. The molecule has 0 saturated carbocycles. The van der Waals surface area contributed by atoms with Crippen LogP contribution in [0.25, 0.3) is 0 Å². The Hall–Kier alpha value is -0.780. The van der Waals surface area contributed by atoms with Crippen molar-refractivity contribution in [2.24, 2.45) is 5.92 Å². The van der Waals surface area contributed by atoms with Crippen molar-refractivity contribution in [2.45, 2.75) is 38.8 Å². The van der Waals surface area contributed by atoms with Gasteiger partial charge in [-0.3, -0.25) is 4.79 Å². The number of nitrogens with zero attached hydrogens (tertiary/aromatic N) is 1. The minimum absolute atomic E-state index is 0.190. The van der Waals surface area contributed by atoms with E-state index in [0.29, 0.717) is 6.42 Å². The van der Waals surface area contributed by atoms with E-state index < -0.39 is 12.7 Å². The molecule has 0 aliphatic carbocycles. The van der Waals surface area contributed by atoms with Crippen LogP contribution in [0.2, 0.25) is 0 Å². The van der Waals surface area contributed by atoms with Crippen LogP contribution in [0.4, 0.5) is 13.2 Å². The number of nitrogens with one attached hydrogen (secondary N) is 1. The van der Waals surface area contributed by atoms with Gasteiger partial charge in [0.1, 0.15) is 6.54 Å². The third kappa shape index (κ3) is 5.71. The summed E-state index contributed by atoms with van der Waals surface area (Å²) in [6, 6.07) is 0. The Balaban J connectivity index is 2.48. The first-order valence-corrected chi connectivity index (χ1v) is 6.47. The highest BCUT2D eigenvalue weighted by atomic mass is 19.4. The second-order valence-corrected chi connectivity index (χ2v) is 4.85. The maximum Gasteiger partial charge on any atom is 0.406 e. The van der Waals surface area contributed by atoms with E-state index in [1.807, 2.05) is 6.92 Å². The summed E-state index contributed by atoms with van der Waals surface area (Å²) in [5, 5.41) is 3.12. The van der Waals surface area contributed by atoms with Crippen LogP contribution in [-0.4, -0.2) is 43.2 Å². The first-order chi connectivity index (χ1) is 8.42. The Morgan fingerprint density at radius 2 is 2.17 bits per heavy atom. The number of rotatable bonds is 6. The summed E-state index contributed by atoms with van der Waals surface area (Å²) in [5.41, 5.74) is 0. The average Bonchev–Trinajstić information content (AvgIpc) is 2.75. The minimum Gasteiger partial charge on any atom is -0.334 e. The van der Waals surface area contributed by atoms with Crippen LogP contribution >= 0.6 is 0 Å². The maximum absolute atomic E-state index is 12.4. The molecule has 0 radical (unpaired) electrons. The Bertz CT molecular complexity index is 263. The molecule has 1 atom stereocenters. The zero-order chi connectivity index (χ0) is 13.6. The molecule has 0 aromatic carbocycles. The molecule has 1 saturated heterocycles. The standard InChI is InChI=1S/C12H21F3N2O/c1-2-3-6-17(9-12(13,14)15)11(18)7-10-4-5-16-8-10/h10,16H,2-9H2,1H3. The van der Waals surface area contributed by atoms with Crippen molar-refractivity contribution < 1.29 is 18.0 Å². The minimum atomic E-state index is -4.31. The number of unbranched alkanes of at least 4 members (excludes halogenated alkanes) is 1. The summed E-state index contributed by atoms with van der Waals surface area (Å²) in [5.74, 6) is -0.177. The summed E-state index contributed by atoms with van der Waals surface area (Å²) >= 11 is 0. The first-order valence-electron chi connectivity index (χ1n) is 6.47. The van der Waals surface area contributed by atoms with Gasteiger partial charge in [0, 0.05) is 13.0 Å². The van der Waals surface area contributed by atoms with Crippen LogP contribution in [0.3, 0.4) is 0 Å². The van der Waals surface area contributed by atoms with E-state index in [9.17, 15) is 18.0 Å². The molecule has 1 rings (SSSR count). The number of carbonyl (C=O) groups is 1. The fourth-order valence-electron chi connectivity index (χ4n) is 2.12. The number of amides is 1. The number of carbonyl (C=O) groups excluding carboxylic acids is 1. The van der Waals surface area contributed by atoms with E-state index >= 15 is 0 Å². The van der Waals surface area contributed by atoms with Gasteiger partial charge in [0.2, 0.25) is 5.91 Å². The molecule has 3 nitrogen and oxygen atoms in total. The largest absolute Gasteiger partial charge is 0.406 e. The van der Waals surface area contributed by atoms with Gasteiger partial charge in [0.15, 0.2) is 0 Å². The molecule has 1 N–H and O–H groups in total. The predicted molar refractivity (Wildman–Crippen MR) is 63.1 cm³/mol. The van der Waals surface area contributed by atoms with Crippen LogP contribution in [0, 0.1) is 5.92 Å². The molecule has 106 valence electrons. The van der Waals surface area contributed by atoms with E-state index in [2.05, 4.69) is 5.32 Å². The molecule has 1 heterocycles. The van der Waals surface area contributed by atoms with Gasteiger partial charge in [-0.05, 0) is 31.8 Å². The molecule has 18 heavy (non-hydrogen) atoms. The van der Waals surface area contributed by atoms with Crippen molar-refractivity contribution in [3.63, 3.8) is 0 Å². The van der Waals surface area contributed by atoms with E-state index in [4.69, 9.17) is 0 Å². The number of hydrogen-bond acceptors (Lipinski definition) is 2. The topological polar surface area (TPSA) is 32.3 Å². The van der Waals surface area contributed by atoms with E-state index in [-0.39, 0.29) is 24.8 Å². The zero-order valence-corrected chi connectivity index (χ0v) is 10.7. The molecule has 1 amide bonds. The van der Waals surface area contributed by atoms with Gasteiger partial charge in [-0.2, -0.15) is 13.2 Å². The first kappa shape index (κ1) is 15.3. The molecule has 0 aromatic heterocycles. The molecule has 1 fully saturated rings. The van der Waals surface area contributed by atoms with Crippen LogP contribution in [0.1, 0.15) is 32.6 Å². The maximum atomic E-state index is 12.4. The zero-order valence-electron chi connectivity index (χ0n) is 10.7. The number of halogens is 3. The molecule has 1 aliphatic rings. The normalized spacial score (nSPS) is 20.1. The predicted octanol–water partition coefficient (Wildman–Crippen LogP) is 2.18. The fraction of sp³-hybridized carbons (Fsp3) is 0.917.